The van der Waals surface area contributed by atoms with E-state index in [2.05, 4.69) is 25.8 Å². The summed E-state index contributed by atoms with van der Waals surface area (Å²) in [6, 6.07) is 7.80. The predicted octanol–water partition coefficient (Wildman–Crippen LogP) is 3.79. The van der Waals surface area contributed by atoms with Crippen LogP contribution in [0.15, 0.2) is 24.3 Å². The minimum Gasteiger partial charge on any atom is -0.397 e. The minimum atomic E-state index is 0.0525. The molecule has 0 aliphatic carbocycles. The van der Waals surface area contributed by atoms with Crippen LogP contribution >= 0.6 is 0 Å². The molecule has 1 heterocycles. The lowest BCUT2D eigenvalue weighted by Gasteiger charge is -2.26. The number of hydrogen-bond donors (Lipinski definition) is 2. The fourth-order valence-corrected chi connectivity index (χ4v) is 2.58. The third kappa shape index (κ3) is 3.38. The number of carbonyl (C=O) groups excluding carboxylic acids is 1. The first-order chi connectivity index (χ1) is 10.0. The van der Waals surface area contributed by atoms with Gasteiger partial charge in [0.25, 0.3) is 5.91 Å². The van der Waals surface area contributed by atoms with Crippen molar-refractivity contribution in [2.24, 2.45) is 0 Å². The summed E-state index contributed by atoms with van der Waals surface area (Å²) in [5.41, 5.74) is 8.09. The molecule has 0 saturated heterocycles. The highest BCUT2D eigenvalue weighted by Gasteiger charge is 2.20. The Balaban J connectivity index is 2.24. The number of anilines is 1. The van der Waals surface area contributed by atoms with Gasteiger partial charge in [0.15, 0.2) is 0 Å². The zero-order valence-electron chi connectivity index (χ0n) is 13.1. The number of benzene rings is 1. The third-order valence-corrected chi connectivity index (χ3v) is 3.81. The normalized spacial score (nSPS) is 11.2. The van der Waals surface area contributed by atoms with Crippen molar-refractivity contribution in [2.75, 3.05) is 12.3 Å². The van der Waals surface area contributed by atoms with Crippen molar-refractivity contribution in [1.82, 2.24) is 9.88 Å². The summed E-state index contributed by atoms with van der Waals surface area (Å²) in [5, 5.41) is 0.982. The maximum atomic E-state index is 12.7. The fourth-order valence-electron chi connectivity index (χ4n) is 2.58. The average molecular weight is 287 g/mol. The molecule has 114 valence electrons. The van der Waals surface area contributed by atoms with E-state index in [1.165, 1.54) is 0 Å². The van der Waals surface area contributed by atoms with Crippen LogP contribution in [-0.4, -0.2) is 28.4 Å². The van der Waals surface area contributed by atoms with Crippen LogP contribution in [0.25, 0.3) is 10.9 Å². The summed E-state index contributed by atoms with van der Waals surface area (Å²) >= 11 is 0. The Morgan fingerprint density at radius 1 is 1.33 bits per heavy atom. The summed E-state index contributed by atoms with van der Waals surface area (Å²) < 4.78 is 0. The zero-order valence-corrected chi connectivity index (χ0v) is 13.1. The molecule has 1 amide bonds. The van der Waals surface area contributed by atoms with Crippen molar-refractivity contribution in [1.29, 1.82) is 0 Å². The zero-order chi connectivity index (χ0) is 15.4. The number of nitrogens with one attached hydrogen (secondary N) is 1. The van der Waals surface area contributed by atoms with E-state index in [4.69, 9.17) is 5.73 Å². The van der Waals surface area contributed by atoms with Crippen molar-refractivity contribution in [2.45, 2.75) is 46.1 Å². The van der Waals surface area contributed by atoms with Gasteiger partial charge in [0.1, 0.15) is 5.69 Å². The lowest BCUT2D eigenvalue weighted by atomic mass is 10.2. The number of aromatic amines is 1. The van der Waals surface area contributed by atoms with Crippen molar-refractivity contribution in [3.05, 3.63) is 30.0 Å². The van der Waals surface area contributed by atoms with E-state index in [1.807, 2.05) is 29.2 Å². The van der Waals surface area contributed by atoms with Gasteiger partial charge in [-0.15, -0.1) is 0 Å². The second-order valence-electron chi connectivity index (χ2n) is 5.79. The van der Waals surface area contributed by atoms with Gasteiger partial charge in [0, 0.05) is 18.0 Å². The topological polar surface area (TPSA) is 62.1 Å². The molecule has 3 N–H and O–H groups in total. The Bertz CT molecular complexity index is 616. The Labute approximate surface area is 126 Å². The summed E-state index contributed by atoms with van der Waals surface area (Å²) in [7, 11) is 0. The van der Waals surface area contributed by atoms with E-state index in [0.29, 0.717) is 11.4 Å². The van der Waals surface area contributed by atoms with Crippen molar-refractivity contribution in [3.63, 3.8) is 0 Å². The van der Waals surface area contributed by atoms with E-state index >= 15 is 0 Å². The van der Waals surface area contributed by atoms with Gasteiger partial charge in [0.2, 0.25) is 0 Å². The van der Waals surface area contributed by atoms with Crippen LogP contribution in [0.3, 0.4) is 0 Å². The first-order valence-electron chi connectivity index (χ1n) is 7.72. The molecule has 2 rings (SSSR count). The van der Waals surface area contributed by atoms with Gasteiger partial charge in [-0.3, -0.25) is 4.79 Å². The Morgan fingerprint density at radius 2 is 2.10 bits per heavy atom. The van der Waals surface area contributed by atoms with E-state index < -0.39 is 0 Å². The fraction of sp³-hybridized carbons (Fsp3) is 0.471. The van der Waals surface area contributed by atoms with E-state index in [9.17, 15) is 4.79 Å². The minimum absolute atomic E-state index is 0.0525. The van der Waals surface area contributed by atoms with Gasteiger partial charge < -0.3 is 15.6 Å². The summed E-state index contributed by atoms with van der Waals surface area (Å²) in [5.74, 6) is 0.0525. The molecule has 0 unspecified atom stereocenters. The highest BCUT2D eigenvalue weighted by molar-refractivity contribution is 6.00. The molecule has 21 heavy (non-hydrogen) atoms. The molecule has 4 nitrogen and oxygen atoms in total. The Morgan fingerprint density at radius 3 is 2.71 bits per heavy atom. The Kier molecular flexibility index (Phi) is 4.89. The van der Waals surface area contributed by atoms with Crippen molar-refractivity contribution < 1.29 is 4.79 Å². The van der Waals surface area contributed by atoms with Crippen LogP contribution < -0.4 is 5.73 Å². The van der Waals surface area contributed by atoms with Gasteiger partial charge in [-0.25, -0.2) is 0 Å². The van der Waals surface area contributed by atoms with Gasteiger partial charge in [0.05, 0.1) is 11.2 Å². The number of amides is 1. The second kappa shape index (κ2) is 6.66. The largest absolute Gasteiger partial charge is 0.397 e. The molecule has 0 saturated carbocycles. The van der Waals surface area contributed by atoms with Crippen molar-refractivity contribution >= 4 is 22.5 Å². The maximum absolute atomic E-state index is 12.7. The van der Waals surface area contributed by atoms with Gasteiger partial charge >= 0.3 is 0 Å². The summed E-state index contributed by atoms with van der Waals surface area (Å²) in [6.45, 7) is 7.08. The van der Waals surface area contributed by atoms with Crippen LogP contribution in [-0.2, 0) is 0 Å². The van der Waals surface area contributed by atoms with E-state index in [-0.39, 0.29) is 11.9 Å². The molecular weight excluding hydrogens is 262 g/mol. The number of para-hydroxylation sites is 1. The molecule has 0 aliphatic heterocycles. The van der Waals surface area contributed by atoms with Crippen LogP contribution in [0.2, 0.25) is 0 Å². The lowest BCUT2D eigenvalue weighted by Crippen LogP contribution is -2.37. The molecule has 0 bridgehead atoms. The monoisotopic (exact) mass is 287 g/mol. The number of hydrogen-bond acceptors (Lipinski definition) is 2. The maximum Gasteiger partial charge on any atom is 0.270 e. The van der Waals surface area contributed by atoms with Crippen LogP contribution in [0, 0.1) is 0 Å². The lowest BCUT2D eigenvalue weighted by molar-refractivity contribution is 0.0697. The van der Waals surface area contributed by atoms with Crippen LogP contribution in [0.1, 0.15) is 50.5 Å². The van der Waals surface area contributed by atoms with E-state index in [1.54, 1.807) is 0 Å². The van der Waals surface area contributed by atoms with Gasteiger partial charge in [-0.1, -0.05) is 31.9 Å². The smallest absolute Gasteiger partial charge is 0.270 e. The average Bonchev–Trinajstić information content (AvgIpc) is 2.88. The number of fused-ring (bicyclic) bond motifs is 1. The van der Waals surface area contributed by atoms with Gasteiger partial charge in [-0.05, 0) is 32.4 Å². The summed E-state index contributed by atoms with van der Waals surface area (Å²) in [4.78, 5) is 17.8. The molecule has 0 aliphatic rings. The highest BCUT2D eigenvalue weighted by atomic mass is 16.2. The number of nitrogen functional groups attached to an aromatic ring is 1. The SMILES string of the molecule is CCCCCN(C(=O)c1cc2cccc(N)c2[nH]1)C(C)C. The molecule has 1 aromatic carbocycles. The second-order valence-corrected chi connectivity index (χ2v) is 5.79. The van der Waals surface area contributed by atoms with Crippen molar-refractivity contribution in [3.8, 4) is 0 Å². The quantitative estimate of drug-likeness (QED) is 0.627. The molecular formula is C17H25N3O. The van der Waals surface area contributed by atoms with Gasteiger partial charge in [-0.2, -0.15) is 0 Å². The van der Waals surface area contributed by atoms with E-state index in [0.717, 1.165) is 36.7 Å². The first-order valence-corrected chi connectivity index (χ1v) is 7.72. The number of nitrogens with two attached hydrogens (primary N) is 1. The number of unbranched alkanes of at least 4 members (excludes halogenated alkanes) is 2. The highest BCUT2D eigenvalue weighted by Crippen LogP contribution is 2.22. The Hall–Kier alpha value is -1.97. The molecule has 2 aromatic rings. The molecule has 0 spiro atoms. The third-order valence-electron chi connectivity index (χ3n) is 3.81. The number of carbonyl (C=O) groups is 1. The summed E-state index contributed by atoms with van der Waals surface area (Å²) in [6.07, 6.45) is 3.35. The molecule has 1 aromatic heterocycles. The molecule has 0 atom stereocenters. The predicted molar refractivity (Wildman–Crippen MR) is 88.4 cm³/mol. The molecule has 0 fully saturated rings. The number of nitrogens with zero attached hydrogens (tertiary/aromatic N) is 1. The number of aromatic nitrogens is 1. The number of rotatable bonds is 6. The number of H-pyrrole nitrogens is 1. The molecule has 0 radical (unpaired) electrons. The standard InChI is InChI=1S/C17H25N3O/c1-4-5-6-10-20(12(2)3)17(21)15-11-13-8-7-9-14(18)16(13)19-15/h7-9,11-12,19H,4-6,10,18H2,1-3H3. The van der Waals surface area contributed by atoms with Crippen LogP contribution in [0.5, 0.6) is 0 Å². The first kappa shape index (κ1) is 15.4. The van der Waals surface area contributed by atoms with Crippen LogP contribution in [0.4, 0.5) is 5.69 Å². The molecule has 4 heteroatoms.